The second-order valence-electron chi connectivity index (χ2n) is 5.12. The third kappa shape index (κ3) is 2.07. The lowest BCUT2D eigenvalue weighted by Crippen LogP contribution is -2.46. The van der Waals surface area contributed by atoms with Crippen LogP contribution in [-0.4, -0.2) is 32.3 Å². The van der Waals surface area contributed by atoms with E-state index in [1.807, 2.05) is 30.3 Å². The minimum atomic E-state index is -0.502. The van der Waals surface area contributed by atoms with Gasteiger partial charge in [0.25, 0.3) is 5.91 Å². The summed E-state index contributed by atoms with van der Waals surface area (Å²) in [6.07, 6.45) is 2.81. The number of aromatic nitrogens is 2. The van der Waals surface area contributed by atoms with Crippen molar-refractivity contribution in [3.8, 4) is 0 Å². The Morgan fingerprint density at radius 2 is 1.95 bits per heavy atom. The van der Waals surface area contributed by atoms with E-state index in [1.54, 1.807) is 25.1 Å². The Labute approximate surface area is 126 Å². The monoisotopic (exact) mass is 298 g/mol. The topological polar surface area (TPSA) is 81.3 Å². The van der Waals surface area contributed by atoms with Gasteiger partial charge in [0.2, 0.25) is 5.82 Å². The van der Waals surface area contributed by atoms with Crippen molar-refractivity contribution in [3.63, 3.8) is 0 Å². The summed E-state index contributed by atoms with van der Waals surface area (Å²) < 4.78 is 1.36. The number of carbonyl (C=O) groups is 1. The molecule has 1 aliphatic heterocycles. The number of amides is 1. The Hall–Kier alpha value is -2.96. The van der Waals surface area contributed by atoms with Crippen molar-refractivity contribution >= 4 is 17.8 Å². The van der Waals surface area contributed by atoms with Gasteiger partial charge >= 0.3 is 5.82 Å². The quantitative estimate of drug-likeness (QED) is 0.375. The van der Waals surface area contributed by atoms with Gasteiger partial charge in [0, 0.05) is 13.1 Å². The lowest BCUT2D eigenvalue weighted by Gasteiger charge is -2.40. The van der Waals surface area contributed by atoms with Crippen LogP contribution in [0.25, 0.3) is 6.08 Å². The van der Waals surface area contributed by atoms with Crippen LogP contribution in [0, 0.1) is 10.1 Å². The van der Waals surface area contributed by atoms with Crippen LogP contribution in [0.5, 0.6) is 0 Å². The molecule has 2 aromatic rings. The van der Waals surface area contributed by atoms with Crippen LogP contribution in [0.4, 0.5) is 5.82 Å². The van der Waals surface area contributed by atoms with Gasteiger partial charge in [0.1, 0.15) is 6.20 Å². The molecule has 7 nitrogen and oxygen atoms in total. The van der Waals surface area contributed by atoms with Gasteiger partial charge in [0.05, 0.1) is 18.7 Å². The molecule has 0 spiro atoms. The van der Waals surface area contributed by atoms with E-state index in [0.717, 1.165) is 5.56 Å². The molecule has 1 atom stereocenters. The zero-order valence-corrected chi connectivity index (χ0v) is 12.1. The molecule has 3 rings (SSSR count). The highest BCUT2D eigenvalue weighted by atomic mass is 16.6. The third-order valence-electron chi connectivity index (χ3n) is 3.84. The van der Waals surface area contributed by atoms with Crippen molar-refractivity contribution in [1.82, 2.24) is 14.5 Å². The lowest BCUT2D eigenvalue weighted by atomic mass is 9.88. The summed E-state index contributed by atoms with van der Waals surface area (Å²) in [6.45, 7) is 0. The number of nitrogens with zero attached hydrogens (tertiary/aromatic N) is 4. The number of imidazole rings is 1. The molecule has 0 radical (unpaired) electrons. The SMILES string of the molecule is CN1C(=O)/C(=C/c2ncc([N+](=O)[O-])n2C)C1c1ccccc1. The highest BCUT2D eigenvalue weighted by molar-refractivity contribution is 6.05. The summed E-state index contributed by atoms with van der Waals surface area (Å²) >= 11 is 0. The van der Waals surface area contributed by atoms with Gasteiger partial charge in [-0.2, -0.15) is 0 Å². The Balaban J connectivity index is 1.99. The maximum atomic E-state index is 12.1. The van der Waals surface area contributed by atoms with E-state index in [9.17, 15) is 14.9 Å². The predicted molar refractivity (Wildman–Crippen MR) is 79.8 cm³/mol. The molecule has 0 N–H and O–H groups in total. The minimum absolute atomic E-state index is 0.0977. The molecule has 1 aliphatic rings. The fraction of sp³-hybridized carbons (Fsp3) is 0.200. The summed E-state index contributed by atoms with van der Waals surface area (Å²) in [5, 5.41) is 10.9. The molecule has 1 aromatic carbocycles. The van der Waals surface area contributed by atoms with Crippen LogP contribution in [0.1, 0.15) is 17.4 Å². The van der Waals surface area contributed by atoms with Crippen molar-refractivity contribution in [2.24, 2.45) is 7.05 Å². The number of likely N-dealkylation sites (N-methyl/N-ethyl adjacent to an activating group) is 1. The van der Waals surface area contributed by atoms with Crippen LogP contribution >= 0.6 is 0 Å². The van der Waals surface area contributed by atoms with E-state index in [1.165, 1.54) is 10.8 Å². The normalized spacial score (nSPS) is 19.4. The lowest BCUT2D eigenvalue weighted by molar-refractivity contribution is -0.391. The number of hydrogen-bond donors (Lipinski definition) is 0. The number of benzene rings is 1. The number of hydrogen-bond acceptors (Lipinski definition) is 4. The molecule has 1 saturated heterocycles. The third-order valence-corrected chi connectivity index (χ3v) is 3.84. The number of carbonyl (C=O) groups excluding carboxylic acids is 1. The van der Waals surface area contributed by atoms with E-state index < -0.39 is 4.92 Å². The van der Waals surface area contributed by atoms with E-state index in [0.29, 0.717) is 11.4 Å². The maximum Gasteiger partial charge on any atom is 0.342 e. The average molecular weight is 298 g/mol. The fourth-order valence-corrected chi connectivity index (χ4v) is 2.62. The van der Waals surface area contributed by atoms with E-state index >= 15 is 0 Å². The molecule has 1 fully saturated rings. The average Bonchev–Trinajstić information content (AvgIpc) is 2.88. The van der Waals surface area contributed by atoms with Crippen molar-refractivity contribution in [2.75, 3.05) is 7.05 Å². The first-order chi connectivity index (χ1) is 10.5. The Morgan fingerprint density at radius 1 is 1.27 bits per heavy atom. The Kier molecular flexibility index (Phi) is 3.25. The van der Waals surface area contributed by atoms with Crippen LogP contribution in [-0.2, 0) is 11.8 Å². The van der Waals surface area contributed by atoms with Gasteiger partial charge in [-0.05, 0) is 10.5 Å². The fourth-order valence-electron chi connectivity index (χ4n) is 2.62. The van der Waals surface area contributed by atoms with Gasteiger partial charge < -0.3 is 15.0 Å². The van der Waals surface area contributed by atoms with E-state index in [2.05, 4.69) is 4.98 Å². The first-order valence-electron chi connectivity index (χ1n) is 6.70. The number of likely N-dealkylation sites (tertiary alicyclic amines) is 1. The van der Waals surface area contributed by atoms with Crippen molar-refractivity contribution in [2.45, 2.75) is 6.04 Å². The number of rotatable bonds is 3. The molecule has 1 aromatic heterocycles. The molecule has 112 valence electrons. The second kappa shape index (κ2) is 5.10. The first-order valence-corrected chi connectivity index (χ1v) is 6.70. The van der Waals surface area contributed by atoms with Crippen LogP contribution in [0.15, 0.2) is 42.1 Å². The standard InChI is InChI=1S/C15H14N4O3/c1-17-12(16-9-13(17)19(21)22)8-11-14(18(2)15(11)20)10-6-4-3-5-7-10/h3-9,14H,1-2H3/b11-8+. The van der Waals surface area contributed by atoms with Gasteiger partial charge in [-0.25, -0.2) is 9.55 Å². The number of nitro groups is 1. The summed E-state index contributed by atoms with van der Waals surface area (Å²) in [5.74, 6) is 0.187. The smallest absolute Gasteiger partial charge is 0.342 e. The summed E-state index contributed by atoms with van der Waals surface area (Å²) in [6, 6.07) is 9.48. The Bertz CT molecular complexity index is 779. The molecular weight excluding hydrogens is 284 g/mol. The highest BCUT2D eigenvalue weighted by Crippen LogP contribution is 2.39. The first kappa shape index (κ1) is 14.0. The van der Waals surface area contributed by atoms with Crippen molar-refractivity contribution < 1.29 is 9.72 Å². The van der Waals surface area contributed by atoms with Crippen molar-refractivity contribution in [1.29, 1.82) is 0 Å². The predicted octanol–water partition coefficient (Wildman–Crippen LogP) is 1.92. The molecule has 7 heteroatoms. The molecule has 0 bridgehead atoms. The molecule has 0 aliphatic carbocycles. The van der Waals surface area contributed by atoms with Crippen LogP contribution in [0.3, 0.4) is 0 Å². The molecule has 22 heavy (non-hydrogen) atoms. The zero-order chi connectivity index (χ0) is 15.9. The summed E-state index contributed by atoms with van der Waals surface area (Å²) in [7, 11) is 3.29. The summed E-state index contributed by atoms with van der Waals surface area (Å²) in [4.78, 5) is 28.1. The maximum absolute atomic E-state index is 12.1. The van der Waals surface area contributed by atoms with Crippen molar-refractivity contribution in [3.05, 3.63) is 63.6 Å². The van der Waals surface area contributed by atoms with Gasteiger partial charge in [-0.15, -0.1) is 0 Å². The van der Waals surface area contributed by atoms with Crippen LogP contribution in [0.2, 0.25) is 0 Å². The van der Waals surface area contributed by atoms with Gasteiger partial charge in [-0.1, -0.05) is 30.3 Å². The highest BCUT2D eigenvalue weighted by Gasteiger charge is 2.40. The Morgan fingerprint density at radius 3 is 2.55 bits per heavy atom. The van der Waals surface area contributed by atoms with E-state index in [-0.39, 0.29) is 17.8 Å². The molecule has 1 unspecified atom stereocenters. The second-order valence-corrected chi connectivity index (χ2v) is 5.12. The molecular formula is C15H14N4O3. The van der Waals surface area contributed by atoms with Gasteiger partial charge in [0.15, 0.2) is 0 Å². The summed E-state index contributed by atoms with van der Waals surface area (Å²) in [5.41, 5.74) is 1.58. The molecule has 1 amide bonds. The van der Waals surface area contributed by atoms with E-state index in [4.69, 9.17) is 0 Å². The van der Waals surface area contributed by atoms with Gasteiger partial charge in [-0.3, -0.25) is 4.79 Å². The minimum Gasteiger partial charge on any atom is -0.358 e. The molecule has 0 saturated carbocycles. The van der Waals surface area contributed by atoms with Crippen LogP contribution < -0.4 is 0 Å². The molecule has 2 heterocycles. The zero-order valence-electron chi connectivity index (χ0n) is 12.1. The largest absolute Gasteiger partial charge is 0.358 e. The number of β-lactam (4-membered cyclic amide) rings is 1.